The number of hydrogen-bond acceptors (Lipinski definition) is 4. The van der Waals surface area contributed by atoms with Gasteiger partial charge in [-0.15, -0.1) is 24.8 Å². The van der Waals surface area contributed by atoms with Gasteiger partial charge in [-0.25, -0.2) is 0 Å². The van der Waals surface area contributed by atoms with Gasteiger partial charge >= 0.3 is 0 Å². The largest absolute Gasteiger partial charge is 0.335 e. The number of halogens is 2. The maximum atomic E-state index is 13.0. The number of hydrogen-bond donors (Lipinski definition) is 2. The Morgan fingerprint density at radius 2 is 2.04 bits per heavy atom. The predicted octanol–water partition coefficient (Wildman–Crippen LogP) is 1.50. The van der Waals surface area contributed by atoms with Crippen molar-refractivity contribution in [2.45, 2.75) is 51.7 Å². The Morgan fingerprint density at radius 3 is 2.80 bits per heavy atom. The SMILES string of the molecule is Cc1cc2n(n1)CCCN(C(=O)C1CC3(CCNCC3)CN1)C2.Cl.Cl. The van der Waals surface area contributed by atoms with E-state index in [0.717, 1.165) is 51.3 Å². The van der Waals surface area contributed by atoms with Gasteiger partial charge in [0.25, 0.3) is 0 Å². The van der Waals surface area contributed by atoms with Crippen molar-refractivity contribution in [3.8, 4) is 0 Å². The molecule has 1 spiro atoms. The molecule has 2 saturated heterocycles. The highest BCUT2D eigenvalue weighted by atomic mass is 35.5. The normalized spacial score (nSPS) is 24.8. The van der Waals surface area contributed by atoms with Crippen LogP contribution in [0.15, 0.2) is 6.07 Å². The van der Waals surface area contributed by atoms with Crippen molar-refractivity contribution < 1.29 is 4.79 Å². The third-order valence-corrected chi connectivity index (χ3v) is 5.77. The van der Waals surface area contributed by atoms with Crippen LogP contribution in [0.5, 0.6) is 0 Å². The summed E-state index contributed by atoms with van der Waals surface area (Å²) < 4.78 is 2.07. The summed E-state index contributed by atoms with van der Waals surface area (Å²) in [6.07, 6.45) is 4.37. The Bertz CT molecular complexity index is 600. The Balaban J connectivity index is 0.00000113. The van der Waals surface area contributed by atoms with E-state index in [1.54, 1.807) is 0 Å². The lowest BCUT2D eigenvalue weighted by molar-refractivity contribution is -0.133. The van der Waals surface area contributed by atoms with E-state index in [9.17, 15) is 4.79 Å². The van der Waals surface area contributed by atoms with Gasteiger partial charge in [-0.1, -0.05) is 0 Å². The minimum absolute atomic E-state index is 0. The number of nitrogens with zero attached hydrogens (tertiary/aromatic N) is 3. The molecule has 25 heavy (non-hydrogen) atoms. The first-order valence-corrected chi connectivity index (χ1v) is 8.92. The fourth-order valence-corrected chi connectivity index (χ4v) is 4.44. The fraction of sp³-hybridized carbons (Fsp3) is 0.765. The molecule has 142 valence electrons. The van der Waals surface area contributed by atoms with Crippen LogP contribution in [0, 0.1) is 12.3 Å². The van der Waals surface area contributed by atoms with Gasteiger partial charge in [-0.05, 0) is 57.2 Å². The summed E-state index contributed by atoms with van der Waals surface area (Å²) in [7, 11) is 0. The van der Waals surface area contributed by atoms with Crippen molar-refractivity contribution in [1.29, 1.82) is 0 Å². The van der Waals surface area contributed by atoms with Crippen molar-refractivity contribution in [2.24, 2.45) is 5.41 Å². The smallest absolute Gasteiger partial charge is 0.240 e. The first kappa shape index (κ1) is 20.5. The van der Waals surface area contributed by atoms with Gasteiger partial charge in [0, 0.05) is 19.6 Å². The summed E-state index contributed by atoms with van der Waals surface area (Å²) in [4.78, 5) is 15.1. The Hall–Kier alpha value is -0.820. The zero-order valence-corrected chi connectivity index (χ0v) is 16.4. The summed E-state index contributed by atoms with van der Waals surface area (Å²) in [5.41, 5.74) is 2.56. The van der Waals surface area contributed by atoms with Crippen molar-refractivity contribution in [2.75, 3.05) is 26.2 Å². The molecular formula is C17H29Cl2N5O. The summed E-state index contributed by atoms with van der Waals surface area (Å²) in [6, 6.07) is 2.12. The average Bonchev–Trinajstić information content (AvgIpc) is 3.05. The van der Waals surface area contributed by atoms with E-state index in [1.165, 1.54) is 18.5 Å². The van der Waals surface area contributed by atoms with Crippen LogP contribution in [0.4, 0.5) is 0 Å². The molecule has 3 aliphatic rings. The second kappa shape index (κ2) is 8.25. The van der Waals surface area contributed by atoms with Gasteiger partial charge in [0.15, 0.2) is 0 Å². The topological polar surface area (TPSA) is 62.2 Å². The fourth-order valence-electron chi connectivity index (χ4n) is 4.44. The van der Waals surface area contributed by atoms with Crippen LogP contribution in [-0.4, -0.2) is 52.8 Å². The van der Waals surface area contributed by atoms with E-state index in [1.807, 2.05) is 11.8 Å². The molecule has 4 heterocycles. The molecule has 1 atom stereocenters. The maximum absolute atomic E-state index is 13.0. The lowest BCUT2D eigenvalue weighted by atomic mass is 9.77. The number of aryl methyl sites for hydroxylation is 2. The van der Waals surface area contributed by atoms with Crippen LogP contribution in [0.25, 0.3) is 0 Å². The number of fused-ring (bicyclic) bond motifs is 1. The van der Waals surface area contributed by atoms with Gasteiger partial charge in [0.05, 0.1) is 24.0 Å². The third kappa shape index (κ3) is 4.13. The minimum Gasteiger partial charge on any atom is -0.335 e. The van der Waals surface area contributed by atoms with E-state index in [-0.39, 0.29) is 36.8 Å². The van der Waals surface area contributed by atoms with Crippen LogP contribution in [-0.2, 0) is 17.9 Å². The van der Waals surface area contributed by atoms with E-state index in [0.29, 0.717) is 12.0 Å². The highest BCUT2D eigenvalue weighted by molar-refractivity contribution is 5.85. The van der Waals surface area contributed by atoms with Gasteiger partial charge in [0.2, 0.25) is 5.91 Å². The van der Waals surface area contributed by atoms with E-state index >= 15 is 0 Å². The molecule has 1 amide bonds. The molecular weight excluding hydrogens is 361 g/mol. The second-order valence-electron chi connectivity index (χ2n) is 7.50. The van der Waals surface area contributed by atoms with Crippen LogP contribution in [0.1, 0.15) is 37.1 Å². The second-order valence-corrected chi connectivity index (χ2v) is 7.50. The molecule has 1 unspecified atom stereocenters. The number of rotatable bonds is 1. The Labute approximate surface area is 161 Å². The minimum atomic E-state index is 0. The van der Waals surface area contributed by atoms with Gasteiger partial charge < -0.3 is 15.5 Å². The summed E-state index contributed by atoms with van der Waals surface area (Å²) in [5.74, 6) is 0.285. The van der Waals surface area contributed by atoms with Gasteiger partial charge in [0.1, 0.15) is 0 Å². The molecule has 0 aliphatic carbocycles. The van der Waals surface area contributed by atoms with Crippen LogP contribution in [0.2, 0.25) is 0 Å². The number of piperidine rings is 1. The van der Waals surface area contributed by atoms with Crippen LogP contribution in [0.3, 0.4) is 0 Å². The summed E-state index contributed by atoms with van der Waals surface area (Å²) in [6.45, 7) is 7.65. The lowest BCUT2D eigenvalue weighted by Crippen LogP contribution is -2.43. The van der Waals surface area contributed by atoms with E-state index in [4.69, 9.17) is 0 Å². The molecule has 0 radical (unpaired) electrons. The van der Waals surface area contributed by atoms with Gasteiger partial charge in [-0.2, -0.15) is 5.10 Å². The molecule has 8 heteroatoms. The molecule has 2 N–H and O–H groups in total. The Kier molecular flexibility index (Phi) is 6.76. The summed E-state index contributed by atoms with van der Waals surface area (Å²) >= 11 is 0. The molecule has 1 aromatic rings. The summed E-state index contributed by atoms with van der Waals surface area (Å²) in [5, 5.41) is 11.5. The van der Waals surface area contributed by atoms with Crippen molar-refractivity contribution in [3.05, 3.63) is 17.5 Å². The monoisotopic (exact) mass is 389 g/mol. The van der Waals surface area contributed by atoms with Crippen molar-refractivity contribution in [1.82, 2.24) is 25.3 Å². The van der Waals surface area contributed by atoms with Crippen molar-refractivity contribution >= 4 is 30.7 Å². The molecule has 3 aliphatic heterocycles. The first-order valence-electron chi connectivity index (χ1n) is 8.92. The van der Waals surface area contributed by atoms with Crippen LogP contribution >= 0.6 is 24.8 Å². The Morgan fingerprint density at radius 1 is 1.28 bits per heavy atom. The molecule has 1 aromatic heterocycles. The molecule has 0 saturated carbocycles. The molecule has 4 rings (SSSR count). The number of aromatic nitrogens is 2. The quantitative estimate of drug-likeness (QED) is 0.763. The highest BCUT2D eigenvalue weighted by Gasteiger charge is 2.43. The van der Waals surface area contributed by atoms with E-state index in [2.05, 4.69) is 26.5 Å². The third-order valence-electron chi connectivity index (χ3n) is 5.77. The number of nitrogens with one attached hydrogen (secondary N) is 2. The van der Waals surface area contributed by atoms with Gasteiger partial charge in [-0.3, -0.25) is 9.48 Å². The number of carbonyl (C=O) groups is 1. The molecule has 0 bridgehead atoms. The molecule has 6 nitrogen and oxygen atoms in total. The first-order chi connectivity index (χ1) is 11.2. The average molecular weight is 390 g/mol. The highest BCUT2D eigenvalue weighted by Crippen LogP contribution is 2.38. The predicted molar refractivity (Wildman–Crippen MR) is 102 cm³/mol. The molecule has 0 aromatic carbocycles. The zero-order chi connectivity index (χ0) is 15.9. The van der Waals surface area contributed by atoms with Crippen molar-refractivity contribution in [3.63, 3.8) is 0 Å². The standard InChI is InChI=1S/C17H27N5O.2ClH/c1-13-9-14-11-21(7-2-8-22(14)20-13)16(23)15-10-17(12-19-15)3-5-18-6-4-17;;/h9,15,18-19H,2-8,10-12H2,1H3;2*1H. The van der Waals surface area contributed by atoms with E-state index < -0.39 is 0 Å². The van der Waals surface area contributed by atoms with Crippen LogP contribution < -0.4 is 10.6 Å². The molecule has 2 fully saturated rings. The maximum Gasteiger partial charge on any atom is 0.240 e. The lowest BCUT2D eigenvalue weighted by Gasteiger charge is -2.33. The number of amides is 1. The zero-order valence-electron chi connectivity index (χ0n) is 14.8. The number of carbonyl (C=O) groups excluding carboxylic acids is 1.